The Labute approximate surface area is 83.3 Å². The van der Waals surface area contributed by atoms with Crippen LogP contribution >= 0.6 is 0 Å². The fraction of sp³-hybridized carbons (Fsp3) is 0.556. The summed E-state index contributed by atoms with van der Waals surface area (Å²) in [6.45, 7) is 4.91. The summed E-state index contributed by atoms with van der Waals surface area (Å²) < 4.78 is 1.75. The molecule has 0 aliphatic rings. The number of hydrogen-bond donors (Lipinski definition) is 2. The first kappa shape index (κ1) is 10.7. The van der Waals surface area contributed by atoms with Crippen molar-refractivity contribution in [1.29, 1.82) is 0 Å². The normalized spacial score (nSPS) is 12.5. The summed E-state index contributed by atoms with van der Waals surface area (Å²) >= 11 is 0. The highest BCUT2D eigenvalue weighted by atomic mass is 16.1. The highest BCUT2D eigenvalue weighted by molar-refractivity contribution is 5.91. The van der Waals surface area contributed by atoms with Crippen molar-refractivity contribution in [2.24, 2.45) is 11.7 Å². The molecule has 5 nitrogen and oxygen atoms in total. The summed E-state index contributed by atoms with van der Waals surface area (Å²) in [5, 5.41) is 6.83. The molecular formula is C9H16N4O. The van der Waals surface area contributed by atoms with E-state index in [2.05, 4.69) is 10.4 Å². The Hall–Kier alpha value is -1.36. The lowest BCUT2D eigenvalue weighted by Crippen LogP contribution is -2.26. The molecule has 0 spiro atoms. The first-order valence-corrected chi connectivity index (χ1v) is 4.71. The van der Waals surface area contributed by atoms with Gasteiger partial charge in [-0.1, -0.05) is 6.92 Å². The second-order valence-corrected chi connectivity index (χ2v) is 3.18. The number of anilines is 1. The Balaban J connectivity index is 2.56. The molecule has 1 atom stereocenters. The van der Waals surface area contributed by atoms with Crippen LogP contribution in [0.15, 0.2) is 12.3 Å². The lowest BCUT2D eigenvalue weighted by molar-refractivity contribution is -0.119. The van der Waals surface area contributed by atoms with E-state index in [1.807, 2.05) is 13.1 Å². The zero-order valence-corrected chi connectivity index (χ0v) is 8.53. The number of nitrogens with zero attached hydrogens (tertiary/aromatic N) is 2. The summed E-state index contributed by atoms with van der Waals surface area (Å²) in [7, 11) is 0. The highest BCUT2D eigenvalue weighted by Gasteiger charge is 2.11. The summed E-state index contributed by atoms with van der Waals surface area (Å²) in [5.41, 5.74) is 5.37. The molecule has 1 heterocycles. The van der Waals surface area contributed by atoms with Gasteiger partial charge in [0.15, 0.2) is 5.82 Å². The molecule has 1 aromatic heterocycles. The molecular weight excluding hydrogens is 180 g/mol. The van der Waals surface area contributed by atoms with E-state index >= 15 is 0 Å². The van der Waals surface area contributed by atoms with Crippen molar-refractivity contribution in [2.75, 3.05) is 11.9 Å². The fourth-order valence-electron chi connectivity index (χ4n) is 0.961. The molecule has 0 aliphatic heterocycles. The Morgan fingerprint density at radius 2 is 2.50 bits per heavy atom. The van der Waals surface area contributed by atoms with Crippen LogP contribution in [0.1, 0.15) is 13.8 Å². The third kappa shape index (κ3) is 2.56. The van der Waals surface area contributed by atoms with E-state index in [9.17, 15) is 4.79 Å². The molecule has 1 amide bonds. The van der Waals surface area contributed by atoms with Gasteiger partial charge in [-0.15, -0.1) is 0 Å². The van der Waals surface area contributed by atoms with E-state index < -0.39 is 0 Å². The van der Waals surface area contributed by atoms with Gasteiger partial charge in [0.1, 0.15) is 0 Å². The first-order valence-electron chi connectivity index (χ1n) is 4.71. The first-order chi connectivity index (χ1) is 6.67. The predicted octanol–water partition coefficient (Wildman–Crippen LogP) is 0.436. The summed E-state index contributed by atoms with van der Waals surface area (Å²) in [5.74, 6) is 0.313. The number of amides is 1. The average Bonchev–Trinajstić information content (AvgIpc) is 2.64. The minimum absolute atomic E-state index is 0.0890. The molecule has 0 bridgehead atoms. The predicted molar refractivity (Wildman–Crippen MR) is 54.7 cm³/mol. The van der Waals surface area contributed by atoms with Crippen LogP contribution in [0.3, 0.4) is 0 Å². The quantitative estimate of drug-likeness (QED) is 0.733. The van der Waals surface area contributed by atoms with Crippen molar-refractivity contribution in [3.05, 3.63) is 12.3 Å². The molecule has 5 heteroatoms. The smallest absolute Gasteiger partial charge is 0.229 e. The molecule has 14 heavy (non-hydrogen) atoms. The van der Waals surface area contributed by atoms with Crippen molar-refractivity contribution in [2.45, 2.75) is 20.4 Å². The average molecular weight is 196 g/mol. The summed E-state index contributed by atoms with van der Waals surface area (Å²) in [4.78, 5) is 11.4. The minimum Gasteiger partial charge on any atom is -0.330 e. The van der Waals surface area contributed by atoms with E-state index in [0.29, 0.717) is 12.4 Å². The van der Waals surface area contributed by atoms with Crippen LogP contribution in [0.5, 0.6) is 0 Å². The monoisotopic (exact) mass is 196 g/mol. The SMILES string of the molecule is CCn1ccc(NC(=O)C(C)CN)n1. The molecule has 0 radical (unpaired) electrons. The molecule has 1 aromatic rings. The van der Waals surface area contributed by atoms with E-state index in [4.69, 9.17) is 5.73 Å². The van der Waals surface area contributed by atoms with Crippen LogP contribution in [0.4, 0.5) is 5.82 Å². The molecule has 0 fully saturated rings. The van der Waals surface area contributed by atoms with Gasteiger partial charge in [-0.25, -0.2) is 0 Å². The lowest BCUT2D eigenvalue weighted by atomic mass is 10.2. The second-order valence-electron chi connectivity index (χ2n) is 3.18. The fourth-order valence-corrected chi connectivity index (χ4v) is 0.961. The van der Waals surface area contributed by atoms with Crippen molar-refractivity contribution >= 4 is 11.7 Å². The third-order valence-electron chi connectivity index (χ3n) is 2.02. The Bertz CT molecular complexity index is 308. The van der Waals surface area contributed by atoms with Gasteiger partial charge in [0.05, 0.1) is 0 Å². The van der Waals surface area contributed by atoms with Gasteiger partial charge in [-0.2, -0.15) is 5.10 Å². The number of nitrogens with one attached hydrogen (secondary N) is 1. The number of rotatable bonds is 4. The van der Waals surface area contributed by atoms with E-state index in [-0.39, 0.29) is 11.8 Å². The van der Waals surface area contributed by atoms with Crippen LogP contribution in [0, 0.1) is 5.92 Å². The van der Waals surface area contributed by atoms with Gasteiger partial charge in [0, 0.05) is 31.3 Å². The van der Waals surface area contributed by atoms with Gasteiger partial charge in [0.2, 0.25) is 5.91 Å². The Kier molecular flexibility index (Phi) is 3.64. The van der Waals surface area contributed by atoms with Crippen molar-refractivity contribution in [3.8, 4) is 0 Å². The summed E-state index contributed by atoms with van der Waals surface area (Å²) in [6.07, 6.45) is 1.82. The molecule has 3 N–H and O–H groups in total. The number of carbonyl (C=O) groups excluding carboxylic acids is 1. The maximum atomic E-state index is 11.4. The zero-order valence-electron chi connectivity index (χ0n) is 8.53. The Morgan fingerprint density at radius 3 is 3.00 bits per heavy atom. The van der Waals surface area contributed by atoms with Gasteiger partial charge in [-0.05, 0) is 6.92 Å². The van der Waals surface area contributed by atoms with Crippen molar-refractivity contribution in [3.63, 3.8) is 0 Å². The topological polar surface area (TPSA) is 72.9 Å². The second kappa shape index (κ2) is 4.76. The molecule has 78 valence electrons. The molecule has 1 unspecified atom stereocenters. The van der Waals surface area contributed by atoms with Gasteiger partial charge in [0.25, 0.3) is 0 Å². The van der Waals surface area contributed by atoms with Crippen LogP contribution in [-0.2, 0) is 11.3 Å². The molecule has 0 saturated heterocycles. The van der Waals surface area contributed by atoms with Gasteiger partial charge >= 0.3 is 0 Å². The van der Waals surface area contributed by atoms with E-state index in [1.165, 1.54) is 0 Å². The minimum atomic E-state index is -0.179. The van der Waals surface area contributed by atoms with Crippen LogP contribution in [0.25, 0.3) is 0 Å². The van der Waals surface area contributed by atoms with Crippen molar-refractivity contribution in [1.82, 2.24) is 9.78 Å². The third-order valence-corrected chi connectivity index (χ3v) is 2.02. The summed E-state index contributed by atoms with van der Waals surface area (Å²) in [6, 6.07) is 1.77. The number of aromatic nitrogens is 2. The molecule has 0 aromatic carbocycles. The van der Waals surface area contributed by atoms with Crippen LogP contribution < -0.4 is 11.1 Å². The maximum Gasteiger partial charge on any atom is 0.229 e. The van der Waals surface area contributed by atoms with Crippen molar-refractivity contribution < 1.29 is 4.79 Å². The zero-order chi connectivity index (χ0) is 10.6. The Morgan fingerprint density at radius 1 is 1.79 bits per heavy atom. The molecule has 0 aliphatic carbocycles. The number of carbonyl (C=O) groups is 1. The standard InChI is InChI=1S/C9H16N4O/c1-3-13-5-4-8(12-13)11-9(14)7(2)6-10/h4-5,7H,3,6,10H2,1-2H3,(H,11,12,14). The van der Waals surface area contributed by atoms with E-state index in [1.54, 1.807) is 17.7 Å². The van der Waals surface area contributed by atoms with Crippen LogP contribution in [-0.4, -0.2) is 22.2 Å². The van der Waals surface area contributed by atoms with E-state index in [0.717, 1.165) is 6.54 Å². The largest absolute Gasteiger partial charge is 0.330 e. The molecule has 0 saturated carbocycles. The molecule has 1 rings (SSSR count). The number of hydrogen-bond acceptors (Lipinski definition) is 3. The van der Waals surface area contributed by atoms with Crippen LogP contribution in [0.2, 0.25) is 0 Å². The number of nitrogens with two attached hydrogens (primary N) is 1. The van der Waals surface area contributed by atoms with Gasteiger partial charge in [-0.3, -0.25) is 9.48 Å². The highest BCUT2D eigenvalue weighted by Crippen LogP contribution is 2.04. The lowest BCUT2D eigenvalue weighted by Gasteiger charge is -2.06. The number of aryl methyl sites for hydroxylation is 1. The maximum absolute atomic E-state index is 11.4. The van der Waals surface area contributed by atoms with Gasteiger partial charge < -0.3 is 11.1 Å².